The molecule has 2 bridgehead atoms. The Bertz CT molecular complexity index is 884. The molecule has 2 aliphatic heterocycles. The van der Waals surface area contributed by atoms with Crippen LogP contribution in [-0.4, -0.2) is 47.6 Å². The van der Waals surface area contributed by atoms with Crippen LogP contribution in [0.2, 0.25) is 0 Å². The van der Waals surface area contributed by atoms with Crippen LogP contribution in [-0.2, 0) is 16.0 Å². The van der Waals surface area contributed by atoms with E-state index in [1.165, 1.54) is 0 Å². The molecule has 0 unspecified atom stereocenters. The Morgan fingerprint density at radius 2 is 1.97 bits per heavy atom. The molecule has 29 heavy (non-hydrogen) atoms. The number of hydrogen-bond acceptors (Lipinski definition) is 5. The molecule has 3 heterocycles. The number of hydrogen-bond donors (Lipinski definition) is 0. The van der Waals surface area contributed by atoms with Crippen molar-refractivity contribution in [2.75, 3.05) is 13.7 Å². The summed E-state index contributed by atoms with van der Waals surface area (Å²) in [4.78, 5) is 32.6. The summed E-state index contributed by atoms with van der Waals surface area (Å²) in [5.74, 6) is 0.199. The van der Waals surface area contributed by atoms with Crippen molar-refractivity contribution in [2.24, 2.45) is 5.41 Å². The van der Waals surface area contributed by atoms with Crippen molar-refractivity contribution in [3.05, 3.63) is 59.8 Å². The van der Waals surface area contributed by atoms with Gasteiger partial charge in [0.25, 0.3) is 5.91 Å². The number of carbonyl (C=O) groups excluding carboxylic acids is 2. The topological polar surface area (TPSA) is 68.7 Å². The van der Waals surface area contributed by atoms with Crippen molar-refractivity contribution in [1.29, 1.82) is 0 Å². The molecule has 0 saturated carbocycles. The van der Waals surface area contributed by atoms with Crippen molar-refractivity contribution in [2.45, 2.75) is 44.7 Å². The quantitative estimate of drug-likeness (QED) is 0.704. The van der Waals surface area contributed by atoms with Gasteiger partial charge in [0.15, 0.2) is 0 Å². The van der Waals surface area contributed by atoms with E-state index in [-0.39, 0.29) is 24.0 Å². The summed E-state index contributed by atoms with van der Waals surface area (Å²) in [6, 6.07) is 13.3. The molecule has 2 saturated heterocycles. The van der Waals surface area contributed by atoms with E-state index in [1.54, 1.807) is 25.4 Å². The Morgan fingerprint density at radius 1 is 1.17 bits per heavy atom. The summed E-state index contributed by atoms with van der Waals surface area (Å²) in [6.07, 6.45) is 4.49. The number of rotatable bonds is 6. The van der Waals surface area contributed by atoms with Crippen LogP contribution < -0.4 is 4.74 Å². The normalized spacial score (nSPS) is 25.1. The minimum absolute atomic E-state index is 0.0442. The molecule has 3 atom stereocenters. The summed E-state index contributed by atoms with van der Waals surface area (Å²) < 4.78 is 10.6. The second-order valence-electron chi connectivity index (χ2n) is 7.79. The van der Waals surface area contributed by atoms with E-state index < -0.39 is 5.41 Å². The van der Waals surface area contributed by atoms with Gasteiger partial charge >= 0.3 is 5.97 Å². The molecule has 0 radical (unpaired) electrons. The second kappa shape index (κ2) is 7.85. The van der Waals surface area contributed by atoms with Gasteiger partial charge in [-0.25, -0.2) is 4.98 Å². The monoisotopic (exact) mass is 394 g/mol. The molecule has 6 nitrogen and oxygen atoms in total. The molecular formula is C23H26N2O4. The number of esters is 1. The minimum atomic E-state index is -0.699. The van der Waals surface area contributed by atoms with E-state index in [2.05, 4.69) is 4.98 Å². The number of carbonyl (C=O) groups is 2. The van der Waals surface area contributed by atoms with E-state index in [4.69, 9.17) is 9.47 Å². The minimum Gasteiger partial charge on any atom is -0.481 e. The van der Waals surface area contributed by atoms with Crippen LogP contribution in [0, 0.1) is 5.41 Å². The second-order valence-corrected chi connectivity index (χ2v) is 7.79. The van der Waals surface area contributed by atoms with Gasteiger partial charge in [-0.15, -0.1) is 0 Å². The van der Waals surface area contributed by atoms with Crippen LogP contribution in [0.4, 0.5) is 0 Å². The van der Waals surface area contributed by atoms with E-state index in [0.29, 0.717) is 30.9 Å². The lowest BCUT2D eigenvalue weighted by molar-refractivity contribution is -0.157. The molecule has 0 aliphatic carbocycles. The Hall–Kier alpha value is -2.89. The van der Waals surface area contributed by atoms with Gasteiger partial charge in [0.1, 0.15) is 0 Å². The van der Waals surface area contributed by atoms with Crippen LogP contribution in [0.1, 0.15) is 42.1 Å². The van der Waals surface area contributed by atoms with E-state index in [1.807, 2.05) is 42.2 Å². The fraction of sp³-hybridized carbons (Fsp3) is 0.435. The predicted octanol–water partition coefficient (Wildman–Crippen LogP) is 3.26. The molecule has 1 amide bonds. The van der Waals surface area contributed by atoms with Gasteiger partial charge in [-0.2, -0.15) is 0 Å². The number of nitrogens with zero attached hydrogens (tertiary/aromatic N) is 2. The highest BCUT2D eigenvalue weighted by atomic mass is 16.5. The maximum atomic E-state index is 13.3. The van der Waals surface area contributed by atoms with Gasteiger partial charge < -0.3 is 14.4 Å². The third-order valence-corrected chi connectivity index (χ3v) is 6.21. The van der Waals surface area contributed by atoms with Gasteiger partial charge in [-0.05, 0) is 44.2 Å². The van der Waals surface area contributed by atoms with Crippen LogP contribution >= 0.6 is 0 Å². The molecule has 4 rings (SSSR count). The Labute approximate surface area is 170 Å². The number of pyridine rings is 1. The summed E-state index contributed by atoms with van der Waals surface area (Å²) in [6.45, 7) is 2.16. The Morgan fingerprint density at radius 3 is 2.62 bits per heavy atom. The zero-order valence-electron chi connectivity index (χ0n) is 16.8. The molecule has 2 fully saturated rings. The highest BCUT2D eigenvalue weighted by molar-refractivity contribution is 5.96. The molecule has 0 spiro atoms. The molecule has 2 aromatic rings. The molecule has 0 N–H and O–H groups in total. The van der Waals surface area contributed by atoms with Crippen molar-refractivity contribution in [1.82, 2.24) is 9.88 Å². The smallest absolute Gasteiger partial charge is 0.314 e. The summed E-state index contributed by atoms with van der Waals surface area (Å²) in [5.41, 5.74) is 0.907. The Kier molecular flexibility index (Phi) is 5.26. The number of ether oxygens (including phenoxy) is 2. The summed E-state index contributed by atoms with van der Waals surface area (Å²) >= 11 is 0. The van der Waals surface area contributed by atoms with Crippen LogP contribution in [0.5, 0.6) is 5.88 Å². The van der Waals surface area contributed by atoms with Crippen molar-refractivity contribution in [3.8, 4) is 5.88 Å². The summed E-state index contributed by atoms with van der Waals surface area (Å²) in [5, 5.41) is 0. The number of fused-ring (bicyclic) bond motifs is 2. The van der Waals surface area contributed by atoms with Gasteiger partial charge in [0.2, 0.25) is 5.88 Å². The molecule has 1 aromatic heterocycles. The first kappa shape index (κ1) is 19.4. The average Bonchev–Trinajstić information content (AvgIpc) is 3.30. The first-order chi connectivity index (χ1) is 14.1. The van der Waals surface area contributed by atoms with Gasteiger partial charge in [0, 0.05) is 24.3 Å². The molecule has 152 valence electrons. The van der Waals surface area contributed by atoms with Gasteiger partial charge in [0.05, 0.1) is 24.7 Å². The third kappa shape index (κ3) is 3.37. The number of benzene rings is 1. The maximum Gasteiger partial charge on any atom is 0.314 e. The molecule has 1 aromatic carbocycles. The average molecular weight is 394 g/mol. The lowest BCUT2D eigenvalue weighted by Crippen LogP contribution is -2.47. The SMILES string of the molecule is CCOC(=O)[C@@]1(Cc2ccccc2)C[C@H]2CC[C@@H]1N2C(=O)c1ccc(OC)nc1. The lowest BCUT2D eigenvalue weighted by atomic mass is 9.70. The fourth-order valence-electron chi connectivity index (χ4n) is 4.98. The lowest BCUT2D eigenvalue weighted by Gasteiger charge is -2.35. The maximum absolute atomic E-state index is 13.3. The van der Waals surface area contributed by atoms with Crippen LogP contribution in [0.25, 0.3) is 0 Å². The van der Waals surface area contributed by atoms with Gasteiger partial charge in [-0.3, -0.25) is 9.59 Å². The molecular weight excluding hydrogens is 368 g/mol. The largest absolute Gasteiger partial charge is 0.481 e. The van der Waals surface area contributed by atoms with Crippen LogP contribution in [0.15, 0.2) is 48.7 Å². The van der Waals surface area contributed by atoms with Gasteiger partial charge in [-0.1, -0.05) is 30.3 Å². The zero-order valence-corrected chi connectivity index (χ0v) is 16.8. The van der Waals surface area contributed by atoms with Crippen molar-refractivity contribution in [3.63, 3.8) is 0 Å². The first-order valence-electron chi connectivity index (χ1n) is 10.1. The predicted molar refractivity (Wildman–Crippen MR) is 108 cm³/mol. The zero-order chi connectivity index (χ0) is 20.4. The number of aromatic nitrogens is 1. The number of amides is 1. The Balaban J connectivity index is 1.66. The van der Waals surface area contributed by atoms with Crippen LogP contribution in [0.3, 0.4) is 0 Å². The van der Waals surface area contributed by atoms with E-state index >= 15 is 0 Å². The highest BCUT2D eigenvalue weighted by Crippen LogP contribution is 2.52. The highest BCUT2D eigenvalue weighted by Gasteiger charge is 2.62. The van der Waals surface area contributed by atoms with E-state index in [9.17, 15) is 9.59 Å². The van der Waals surface area contributed by atoms with Crippen molar-refractivity contribution < 1.29 is 19.1 Å². The molecule has 6 heteroatoms. The fourth-order valence-corrected chi connectivity index (χ4v) is 4.98. The first-order valence-corrected chi connectivity index (χ1v) is 10.1. The standard InChI is InChI=1S/C23H26N2O4/c1-3-29-22(27)23(13-16-7-5-4-6-8-16)14-18-10-11-19(23)25(18)21(26)17-9-12-20(28-2)24-15-17/h4-9,12,15,18-19H,3,10-11,13-14H2,1-2H3/t18-,19+,23+/m1/s1. The van der Waals surface area contributed by atoms with Crippen molar-refractivity contribution >= 4 is 11.9 Å². The van der Waals surface area contributed by atoms with E-state index in [0.717, 1.165) is 18.4 Å². The summed E-state index contributed by atoms with van der Waals surface area (Å²) in [7, 11) is 1.54. The molecule has 2 aliphatic rings. The third-order valence-electron chi connectivity index (χ3n) is 6.21. The number of methoxy groups -OCH3 is 1.